The lowest BCUT2D eigenvalue weighted by molar-refractivity contribution is -0.213. The number of halogens is 3. The van der Waals surface area contributed by atoms with Gasteiger partial charge in [-0.15, -0.1) is 0 Å². The highest BCUT2D eigenvalue weighted by molar-refractivity contribution is 4.65. The minimum atomic E-state index is -4.62. The lowest BCUT2D eigenvalue weighted by Gasteiger charge is -2.16. The van der Waals surface area contributed by atoms with Gasteiger partial charge in [-0.2, -0.15) is 13.2 Å². The summed E-state index contributed by atoms with van der Waals surface area (Å²) in [6, 6.07) is -0.410. The van der Waals surface area contributed by atoms with Crippen molar-refractivity contribution in [1.29, 1.82) is 0 Å². The molecule has 0 amide bonds. The highest BCUT2D eigenvalue weighted by Crippen LogP contribution is 2.17. The Hall–Kier alpha value is -0.330. The predicted molar refractivity (Wildman–Crippen MR) is 33.7 cm³/mol. The summed E-state index contributed by atoms with van der Waals surface area (Å²) in [4.78, 5) is 0. The van der Waals surface area contributed by atoms with E-state index in [1.54, 1.807) is 0 Å². The number of alkyl halides is 3. The van der Waals surface area contributed by atoms with Gasteiger partial charge in [-0.25, -0.2) is 0 Å². The van der Waals surface area contributed by atoms with Gasteiger partial charge in [0.15, 0.2) is 0 Å². The summed E-state index contributed by atoms with van der Waals surface area (Å²) in [6.07, 6.45) is -7.09. The molecule has 2 atom stereocenters. The molecule has 0 saturated carbocycles. The average Bonchev–Trinajstić information content (AvgIpc) is 1.80. The minimum absolute atomic E-state index is 0.0688. The van der Waals surface area contributed by atoms with E-state index in [-0.39, 0.29) is 6.54 Å². The van der Waals surface area contributed by atoms with Crippen molar-refractivity contribution in [1.82, 2.24) is 5.32 Å². The van der Waals surface area contributed by atoms with Gasteiger partial charge < -0.3 is 10.8 Å². The van der Waals surface area contributed by atoms with E-state index < -0.39 is 18.4 Å². The summed E-state index contributed by atoms with van der Waals surface area (Å²) >= 11 is 0. The van der Waals surface area contributed by atoms with Crippen molar-refractivity contribution in [2.45, 2.75) is 25.4 Å². The smallest absolute Gasteiger partial charge is 0.370 e. The Bertz CT molecular complexity index is 115. The third-order valence-electron chi connectivity index (χ3n) is 0.943. The van der Waals surface area contributed by atoms with Crippen LogP contribution in [0, 0.1) is 0 Å². The van der Waals surface area contributed by atoms with Crippen LogP contribution in [0.25, 0.3) is 0 Å². The fraction of sp³-hybridized carbons (Fsp3) is 1.00. The van der Waals surface area contributed by atoms with Gasteiger partial charge in [-0.05, 0) is 6.92 Å². The van der Waals surface area contributed by atoms with Crippen LogP contribution in [0.1, 0.15) is 6.92 Å². The van der Waals surface area contributed by atoms with Crippen molar-refractivity contribution in [2.24, 2.45) is 5.73 Å². The second-order valence-electron chi connectivity index (χ2n) is 2.33. The van der Waals surface area contributed by atoms with Crippen LogP contribution < -0.4 is 11.1 Å². The fourth-order valence-corrected chi connectivity index (χ4v) is 0.413. The zero-order valence-electron chi connectivity index (χ0n) is 6.02. The Morgan fingerprint density at radius 3 is 2.27 bits per heavy atom. The summed E-state index contributed by atoms with van der Waals surface area (Å²) in [5.74, 6) is 0. The molecule has 0 aromatic rings. The number of hydrogen-bond donors (Lipinski definition) is 3. The SMILES string of the molecule is CC(N)CNC(O)C(F)(F)F. The van der Waals surface area contributed by atoms with Crippen LogP contribution in [-0.4, -0.2) is 30.1 Å². The minimum Gasteiger partial charge on any atom is -0.370 e. The topological polar surface area (TPSA) is 58.3 Å². The highest BCUT2D eigenvalue weighted by Gasteiger charge is 2.37. The molecule has 0 aliphatic rings. The Balaban J connectivity index is 3.61. The molecule has 0 radical (unpaired) electrons. The number of nitrogens with two attached hydrogens (primary N) is 1. The first kappa shape index (κ1) is 10.7. The first-order valence-corrected chi connectivity index (χ1v) is 3.07. The second-order valence-corrected chi connectivity index (χ2v) is 2.33. The number of hydrogen-bond acceptors (Lipinski definition) is 3. The number of aliphatic hydroxyl groups is 1. The predicted octanol–water partition coefficient (Wildman–Crippen LogP) is -0.196. The van der Waals surface area contributed by atoms with E-state index in [4.69, 9.17) is 10.8 Å². The largest absolute Gasteiger partial charge is 0.427 e. The van der Waals surface area contributed by atoms with Crippen molar-refractivity contribution >= 4 is 0 Å². The molecule has 68 valence electrons. The van der Waals surface area contributed by atoms with Gasteiger partial charge in [0.2, 0.25) is 6.23 Å². The molecule has 0 spiro atoms. The summed E-state index contributed by atoms with van der Waals surface area (Å²) in [6.45, 7) is 1.47. The van der Waals surface area contributed by atoms with Crippen LogP contribution >= 0.6 is 0 Å². The Labute approximate surface area is 62.4 Å². The van der Waals surface area contributed by atoms with Gasteiger partial charge in [0.25, 0.3) is 0 Å². The van der Waals surface area contributed by atoms with E-state index in [1.807, 2.05) is 5.32 Å². The van der Waals surface area contributed by atoms with Gasteiger partial charge in [0.1, 0.15) is 0 Å². The first-order chi connectivity index (χ1) is 4.84. The van der Waals surface area contributed by atoms with Crippen molar-refractivity contribution in [3.8, 4) is 0 Å². The number of nitrogens with one attached hydrogen (secondary N) is 1. The Kier molecular flexibility index (Phi) is 3.77. The zero-order chi connectivity index (χ0) is 9.07. The molecule has 0 bridgehead atoms. The van der Waals surface area contributed by atoms with Crippen LogP contribution in [0.2, 0.25) is 0 Å². The van der Waals surface area contributed by atoms with Gasteiger partial charge in [0.05, 0.1) is 0 Å². The van der Waals surface area contributed by atoms with Gasteiger partial charge in [0, 0.05) is 12.6 Å². The number of aliphatic hydroxyl groups excluding tert-OH is 1. The third-order valence-corrected chi connectivity index (χ3v) is 0.943. The van der Waals surface area contributed by atoms with Crippen LogP contribution in [0.5, 0.6) is 0 Å². The van der Waals surface area contributed by atoms with Gasteiger partial charge in [-0.1, -0.05) is 0 Å². The van der Waals surface area contributed by atoms with E-state index in [2.05, 4.69) is 0 Å². The standard InChI is InChI=1S/C5H11F3N2O/c1-3(9)2-10-4(11)5(6,7)8/h3-4,10-11H,2,9H2,1H3. The molecule has 0 aromatic heterocycles. The lowest BCUT2D eigenvalue weighted by Crippen LogP contribution is -2.46. The molecule has 0 fully saturated rings. The fourth-order valence-electron chi connectivity index (χ4n) is 0.413. The van der Waals surface area contributed by atoms with Crippen molar-refractivity contribution in [3.05, 3.63) is 0 Å². The van der Waals surface area contributed by atoms with Crippen molar-refractivity contribution < 1.29 is 18.3 Å². The summed E-state index contributed by atoms with van der Waals surface area (Å²) in [5, 5.41) is 10.2. The quantitative estimate of drug-likeness (QED) is 0.517. The molecule has 0 rings (SSSR count). The molecular weight excluding hydrogens is 161 g/mol. The van der Waals surface area contributed by atoms with E-state index in [9.17, 15) is 13.2 Å². The van der Waals surface area contributed by atoms with Gasteiger partial charge in [-0.3, -0.25) is 5.32 Å². The second kappa shape index (κ2) is 3.89. The van der Waals surface area contributed by atoms with Crippen LogP contribution in [0.15, 0.2) is 0 Å². The molecular formula is C5H11F3N2O. The monoisotopic (exact) mass is 172 g/mol. The third kappa shape index (κ3) is 5.00. The van der Waals surface area contributed by atoms with Crippen LogP contribution in [0.3, 0.4) is 0 Å². The zero-order valence-corrected chi connectivity index (χ0v) is 6.02. The van der Waals surface area contributed by atoms with E-state index in [1.165, 1.54) is 6.92 Å². The Morgan fingerprint density at radius 1 is 1.55 bits per heavy atom. The molecule has 0 aliphatic carbocycles. The molecule has 3 nitrogen and oxygen atoms in total. The van der Waals surface area contributed by atoms with Crippen LogP contribution in [0.4, 0.5) is 13.2 Å². The van der Waals surface area contributed by atoms with E-state index >= 15 is 0 Å². The highest BCUT2D eigenvalue weighted by atomic mass is 19.4. The molecule has 6 heteroatoms. The molecule has 11 heavy (non-hydrogen) atoms. The molecule has 0 aliphatic heterocycles. The molecule has 0 aromatic carbocycles. The molecule has 0 saturated heterocycles. The summed E-state index contributed by atoms with van der Waals surface area (Å²) < 4.78 is 34.6. The van der Waals surface area contributed by atoms with Crippen LogP contribution in [-0.2, 0) is 0 Å². The van der Waals surface area contributed by atoms with Crippen molar-refractivity contribution in [2.75, 3.05) is 6.54 Å². The molecule has 0 heterocycles. The van der Waals surface area contributed by atoms with E-state index in [0.717, 1.165) is 0 Å². The normalized spacial score (nSPS) is 18.0. The Morgan fingerprint density at radius 2 is 2.00 bits per heavy atom. The molecule has 2 unspecified atom stereocenters. The summed E-state index contributed by atoms with van der Waals surface area (Å²) in [5.41, 5.74) is 5.14. The number of rotatable bonds is 3. The lowest BCUT2D eigenvalue weighted by atomic mass is 10.3. The average molecular weight is 172 g/mol. The molecule has 4 N–H and O–H groups in total. The maximum atomic E-state index is 11.5. The van der Waals surface area contributed by atoms with E-state index in [0.29, 0.717) is 0 Å². The maximum absolute atomic E-state index is 11.5. The summed E-state index contributed by atoms with van der Waals surface area (Å²) in [7, 11) is 0. The first-order valence-electron chi connectivity index (χ1n) is 3.07. The maximum Gasteiger partial charge on any atom is 0.427 e. The van der Waals surface area contributed by atoms with Crippen molar-refractivity contribution in [3.63, 3.8) is 0 Å². The van der Waals surface area contributed by atoms with Gasteiger partial charge >= 0.3 is 6.18 Å².